The molecular weight excluding hydrogens is 245 g/mol. The minimum atomic E-state index is -0.323. The van der Waals surface area contributed by atoms with Crippen LogP contribution in [0.15, 0.2) is 30.5 Å². The van der Waals surface area contributed by atoms with E-state index in [0.717, 1.165) is 0 Å². The number of nitrogen functional groups attached to an aromatic ring is 1. The largest absolute Gasteiger partial charge is 0.397 e. The first-order chi connectivity index (χ1) is 9.01. The number of benzene rings is 1. The van der Waals surface area contributed by atoms with Gasteiger partial charge in [0.05, 0.1) is 5.69 Å². The van der Waals surface area contributed by atoms with Gasteiger partial charge in [-0.3, -0.25) is 4.79 Å². The number of rotatable bonds is 3. The lowest BCUT2D eigenvalue weighted by Gasteiger charge is -2.09. The molecule has 0 aliphatic rings. The molecule has 100 valence electrons. The molecule has 1 aromatic heterocycles. The maximum Gasteiger partial charge on any atom is 0.272 e. The molecule has 0 radical (unpaired) electrons. The minimum absolute atomic E-state index is 0.256. The van der Waals surface area contributed by atoms with Gasteiger partial charge in [-0.25, -0.2) is 4.39 Å². The second-order valence-corrected chi connectivity index (χ2v) is 4.36. The van der Waals surface area contributed by atoms with E-state index in [0.29, 0.717) is 29.2 Å². The molecule has 0 aliphatic carbocycles. The number of hydrogen-bond donors (Lipinski definition) is 2. The van der Waals surface area contributed by atoms with E-state index < -0.39 is 0 Å². The highest BCUT2D eigenvalue weighted by atomic mass is 19.1. The van der Waals surface area contributed by atoms with E-state index in [1.165, 1.54) is 12.1 Å². The summed E-state index contributed by atoms with van der Waals surface area (Å²) in [7, 11) is 0. The fourth-order valence-corrected chi connectivity index (χ4v) is 1.94. The molecule has 2 rings (SSSR count). The van der Waals surface area contributed by atoms with Crippen molar-refractivity contribution in [1.82, 2.24) is 4.57 Å². The van der Waals surface area contributed by atoms with Gasteiger partial charge in [-0.15, -0.1) is 0 Å². The Hall–Kier alpha value is -2.30. The highest BCUT2D eigenvalue weighted by Gasteiger charge is 2.13. The molecule has 19 heavy (non-hydrogen) atoms. The molecule has 1 amide bonds. The van der Waals surface area contributed by atoms with Crippen LogP contribution in [0.25, 0.3) is 0 Å². The minimum Gasteiger partial charge on any atom is -0.397 e. The van der Waals surface area contributed by atoms with Crippen LogP contribution in [0.1, 0.15) is 23.0 Å². The quantitative estimate of drug-likeness (QED) is 0.892. The standard InChI is InChI=1S/C14H16FN3O/c1-3-18-8-11(16)7-13(18)14(19)17-12-5-4-10(15)6-9(12)2/h4-8H,3,16H2,1-2H3,(H,17,19). The number of nitrogens with zero attached hydrogens (tertiary/aromatic N) is 1. The Morgan fingerprint density at radius 1 is 1.42 bits per heavy atom. The predicted octanol–water partition coefficient (Wildman–Crippen LogP) is 2.79. The fraction of sp³-hybridized carbons (Fsp3) is 0.214. The zero-order valence-electron chi connectivity index (χ0n) is 10.9. The Morgan fingerprint density at radius 2 is 2.16 bits per heavy atom. The average Bonchev–Trinajstić information content (AvgIpc) is 2.74. The number of aryl methyl sites for hydroxylation is 2. The average molecular weight is 261 g/mol. The van der Waals surface area contributed by atoms with E-state index in [9.17, 15) is 9.18 Å². The Bertz CT molecular complexity index is 619. The van der Waals surface area contributed by atoms with Crippen LogP contribution in [0.3, 0.4) is 0 Å². The van der Waals surface area contributed by atoms with Crippen LogP contribution in [0.5, 0.6) is 0 Å². The number of carbonyl (C=O) groups is 1. The van der Waals surface area contributed by atoms with E-state index in [1.807, 2.05) is 6.92 Å². The highest BCUT2D eigenvalue weighted by Crippen LogP contribution is 2.18. The van der Waals surface area contributed by atoms with Gasteiger partial charge in [0.2, 0.25) is 0 Å². The van der Waals surface area contributed by atoms with Crippen molar-refractivity contribution < 1.29 is 9.18 Å². The summed E-state index contributed by atoms with van der Waals surface area (Å²) in [5.41, 5.74) is 7.99. The SMILES string of the molecule is CCn1cc(N)cc1C(=O)Nc1ccc(F)cc1C. The number of hydrogen-bond acceptors (Lipinski definition) is 2. The zero-order valence-corrected chi connectivity index (χ0v) is 10.9. The van der Waals surface area contributed by atoms with Crippen molar-refractivity contribution in [2.24, 2.45) is 0 Å². The fourth-order valence-electron chi connectivity index (χ4n) is 1.94. The van der Waals surface area contributed by atoms with E-state index >= 15 is 0 Å². The molecule has 2 aromatic rings. The van der Waals surface area contributed by atoms with E-state index in [-0.39, 0.29) is 11.7 Å². The highest BCUT2D eigenvalue weighted by molar-refractivity contribution is 6.04. The molecule has 0 spiro atoms. The van der Waals surface area contributed by atoms with Crippen LogP contribution in [0.4, 0.5) is 15.8 Å². The predicted molar refractivity (Wildman–Crippen MR) is 73.6 cm³/mol. The van der Waals surface area contributed by atoms with Gasteiger partial charge in [0.15, 0.2) is 0 Å². The molecule has 0 atom stereocenters. The van der Waals surface area contributed by atoms with Crippen LogP contribution in [0, 0.1) is 12.7 Å². The van der Waals surface area contributed by atoms with Crippen molar-refractivity contribution in [2.75, 3.05) is 11.1 Å². The molecule has 0 unspecified atom stereocenters. The van der Waals surface area contributed by atoms with Gasteiger partial charge in [-0.2, -0.15) is 0 Å². The number of aromatic nitrogens is 1. The Balaban J connectivity index is 2.25. The van der Waals surface area contributed by atoms with Gasteiger partial charge in [-0.05, 0) is 43.7 Å². The van der Waals surface area contributed by atoms with Crippen molar-refractivity contribution in [3.05, 3.63) is 47.5 Å². The second-order valence-electron chi connectivity index (χ2n) is 4.36. The third kappa shape index (κ3) is 2.76. The van der Waals surface area contributed by atoms with Gasteiger partial charge in [0, 0.05) is 18.4 Å². The summed E-state index contributed by atoms with van der Waals surface area (Å²) in [4.78, 5) is 12.2. The van der Waals surface area contributed by atoms with E-state index in [2.05, 4.69) is 5.32 Å². The number of amides is 1. The number of halogens is 1. The second kappa shape index (κ2) is 5.14. The van der Waals surface area contributed by atoms with Gasteiger partial charge < -0.3 is 15.6 Å². The molecule has 0 fully saturated rings. The molecule has 5 heteroatoms. The van der Waals surface area contributed by atoms with Crippen LogP contribution in [-0.2, 0) is 6.54 Å². The molecule has 1 heterocycles. The number of nitrogens with one attached hydrogen (secondary N) is 1. The van der Waals surface area contributed by atoms with Gasteiger partial charge >= 0.3 is 0 Å². The lowest BCUT2D eigenvalue weighted by Crippen LogP contribution is -2.17. The Labute approximate surface area is 111 Å². The molecule has 0 saturated heterocycles. The summed E-state index contributed by atoms with van der Waals surface area (Å²) < 4.78 is 14.8. The Kier molecular flexibility index (Phi) is 3.55. The topological polar surface area (TPSA) is 60.0 Å². The summed E-state index contributed by atoms with van der Waals surface area (Å²) in [5.74, 6) is -0.579. The van der Waals surface area contributed by atoms with Crippen molar-refractivity contribution >= 4 is 17.3 Å². The summed E-state index contributed by atoms with van der Waals surface area (Å²) in [6.45, 7) is 4.33. The van der Waals surface area contributed by atoms with Gasteiger partial charge in [-0.1, -0.05) is 0 Å². The first-order valence-electron chi connectivity index (χ1n) is 6.04. The normalized spacial score (nSPS) is 10.5. The lowest BCUT2D eigenvalue weighted by molar-refractivity contribution is 0.101. The van der Waals surface area contributed by atoms with Gasteiger partial charge in [0.1, 0.15) is 11.5 Å². The molecular formula is C14H16FN3O. The smallest absolute Gasteiger partial charge is 0.272 e. The summed E-state index contributed by atoms with van der Waals surface area (Å²) in [6.07, 6.45) is 1.71. The third-order valence-electron chi connectivity index (χ3n) is 2.93. The maximum absolute atomic E-state index is 13.0. The molecule has 0 bridgehead atoms. The monoisotopic (exact) mass is 261 g/mol. The molecule has 0 saturated carbocycles. The van der Waals surface area contributed by atoms with Crippen LogP contribution in [-0.4, -0.2) is 10.5 Å². The first-order valence-corrected chi connectivity index (χ1v) is 6.04. The van der Waals surface area contributed by atoms with Gasteiger partial charge in [0.25, 0.3) is 5.91 Å². The van der Waals surface area contributed by atoms with Crippen molar-refractivity contribution in [3.63, 3.8) is 0 Å². The van der Waals surface area contributed by atoms with Crippen LogP contribution < -0.4 is 11.1 Å². The van der Waals surface area contributed by atoms with E-state index in [4.69, 9.17) is 5.73 Å². The molecule has 0 aliphatic heterocycles. The lowest BCUT2D eigenvalue weighted by atomic mass is 10.2. The summed E-state index contributed by atoms with van der Waals surface area (Å²) >= 11 is 0. The maximum atomic E-state index is 13.0. The van der Waals surface area contributed by atoms with Crippen LogP contribution >= 0.6 is 0 Å². The third-order valence-corrected chi connectivity index (χ3v) is 2.93. The van der Waals surface area contributed by atoms with Crippen molar-refractivity contribution in [1.29, 1.82) is 0 Å². The van der Waals surface area contributed by atoms with Crippen molar-refractivity contribution in [3.8, 4) is 0 Å². The number of anilines is 2. The molecule has 1 aromatic carbocycles. The number of carbonyl (C=O) groups excluding carboxylic acids is 1. The molecule has 4 nitrogen and oxygen atoms in total. The summed E-state index contributed by atoms with van der Waals surface area (Å²) in [6, 6.07) is 5.86. The van der Waals surface area contributed by atoms with Crippen molar-refractivity contribution in [2.45, 2.75) is 20.4 Å². The van der Waals surface area contributed by atoms with Crippen LogP contribution in [0.2, 0.25) is 0 Å². The number of nitrogens with two attached hydrogens (primary N) is 1. The zero-order chi connectivity index (χ0) is 14.0. The summed E-state index contributed by atoms with van der Waals surface area (Å²) in [5, 5.41) is 2.76. The Morgan fingerprint density at radius 3 is 2.79 bits per heavy atom. The molecule has 3 N–H and O–H groups in total. The van der Waals surface area contributed by atoms with E-state index in [1.54, 1.807) is 29.8 Å². The first kappa shape index (κ1) is 13.1.